The molecule has 0 spiro atoms. The molecule has 8 nitrogen and oxygen atoms in total. The zero-order valence-corrected chi connectivity index (χ0v) is 13.5. The number of nitrogens with one attached hydrogen (secondary N) is 1. The molecule has 0 bridgehead atoms. The summed E-state index contributed by atoms with van der Waals surface area (Å²) in [6.07, 6.45) is 2.09. The lowest BCUT2D eigenvalue weighted by atomic mass is 10.0. The van der Waals surface area contributed by atoms with Gasteiger partial charge in [0.25, 0.3) is 0 Å². The largest absolute Gasteiger partial charge is 0.378 e. The van der Waals surface area contributed by atoms with E-state index in [2.05, 4.69) is 22.2 Å². The predicted octanol–water partition coefficient (Wildman–Crippen LogP) is 2.95. The van der Waals surface area contributed by atoms with E-state index in [0.29, 0.717) is 5.92 Å². The van der Waals surface area contributed by atoms with Gasteiger partial charge in [-0.3, -0.25) is 10.1 Å². The number of rotatable bonds is 4. The topological polar surface area (TPSA) is 110 Å². The number of nitrogen functional groups attached to an aromatic ring is 1. The first-order valence-electron chi connectivity index (χ1n) is 7.93. The van der Waals surface area contributed by atoms with Gasteiger partial charge in [-0.25, -0.2) is 0 Å². The molecule has 24 heavy (non-hydrogen) atoms. The summed E-state index contributed by atoms with van der Waals surface area (Å²) in [6.45, 7) is 3.58. The van der Waals surface area contributed by atoms with Crippen molar-refractivity contribution in [2.75, 3.05) is 29.0 Å². The van der Waals surface area contributed by atoms with Gasteiger partial charge in [-0.1, -0.05) is 25.1 Å². The lowest BCUT2D eigenvalue weighted by molar-refractivity contribution is -0.383. The summed E-state index contributed by atoms with van der Waals surface area (Å²) < 4.78 is 0. The van der Waals surface area contributed by atoms with Crippen molar-refractivity contribution >= 4 is 29.0 Å². The zero-order chi connectivity index (χ0) is 17.1. The number of nitrogens with two attached hydrogens (primary N) is 1. The van der Waals surface area contributed by atoms with E-state index in [4.69, 9.17) is 5.73 Å². The highest BCUT2D eigenvalue weighted by Crippen LogP contribution is 2.34. The molecule has 1 atom stereocenters. The third kappa shape index (κ3) is 3.37. The Morgan fingerprint density at radius 2 is 2.08 bits per heavy atom. The van der Waals surface area contributed by atoms with Crippen LogP contribution >= 0.6 is 0 Å². The van der Waals surface area contributed by atoms with Crippen LogP contribution in [-0.2, 0) is 0 Å². The molecule has 3 N–H and O–H groups in total. The van der Waals surface area contributed by atoms with Crippen LogP contribution in [0.25, 0.3) is 0 Å². The number of nitrogens with zero attached hydrogens (tertiary/aromatic N) is 4. The molecule has 1 aromatic carbocycles. The second kappa shape index (κ2) is 6.69. The van der Waals surface area contributed by atoms with Gasteiger partial charge in [0, 0.05) is 18.8 Å². The van der Waals surface area contributed by atoms with Gasteiger partial charge in [0.05, 0.1) is 4.92 Å². The van der Waals surface area contributed by atoms with Gasteiger partial charge in [-0.05, 0) is 30.9 Å². The smallest absolute Gasteiger partial charge is 0.353 e. The van der Waals surface area contributed by atoms with Crippen LogP contribution in [0.15, 0.2) is 30.3 Å². The number of aromatic nitrogens is 2. The van der Waals surface area contributed by atoms with E-state index in [1.807, 2.05) is 35.2 Å². The van der Waals surface area contributed by atoms with E-state index in [1.165, 1.54) is 0 Å². The molecule has 0 aliphatic carbocycles. The minimum atomic E-state index is -0.504. The molecule has 2 heterocycles. The van der Waals surface area contributed by atoms with E-state index in [1.54, 1.807) is 0 Å². The highest BCUT2D eigenvalue weighted by atomic mass is 16.6. The summed E-state index contributed by atoms with van der Waals surface area (Å²) in [4.78, 5) is 21.3. The summed E-state index contributed by atoms with van der Waals surface area (Å²) >= 11 is 0. The first kappa shape index (κ1) is 16.0. The van der Waals surface area contributed by atoms with Crippen LogP contribution in [0.2, 0.25) is 0 Å². The molecule has 0 amide bonds. The van der Waals surface area contributed by atoms with Gasteiger partial charge in [0.15, 0.2) is 0 Å². The van der Waals surface area contributed by atoms with Crippen molar-refractivity contribution in [3.05, 3.63) is 40.4 Å². The first-order valence-corrected chi connectivity index (χ1v) is 7.93. The first-order chi connectivity index (χ1) is 11.5. The van der Waals surface area contributed by atoms with Crippen molar-refractivity contribution in [2.45, 2.75) is 19.8 Å². The Morgan fingerprint density at radius 3 is 2.75 bits per heavy atom. The number of anilines is 4. The lowest BCUT2D eigenvalue weighted by Gasteiger charge is -2.31. The second-order valence-corrected chi connectivity index (χ2v) is 6.05. The Morgan fingerprint density at radius 1 is 1.33 bits per heavy atom. The second-order valence-electron chi connectivity index (χ2n) is 6.05. The normalized spacial score (nSPS) is 17.5. The van der Waals surface area contributed by atoms with Crippen molar-refractivity contribution < 1.29 is 4.92 Å². The fraction of sp³-hybridized carbons (Fsp3) is 0.375. The van der Waals surface area contributed by atoms with Crippen molar-refractivity contribution in [1.82, 2.24) is 9.97 Å². The number of para-hydroxylation sites is 1. The molecule has 3 rings (SSSR count). The van der Waals surface area contributed by atoms with Crippen molar-refractivity contribution in [2.24, 2.45) is 5.92 Å². The zero-order valence-electron chi connectivity index (χ0n) is 13.5. The minimum Gasteiger partial charge on any atom is -0.378 e. The molecule has 0 radical (unpaired) electrons. The Labute approximate surface area is 139 Å². The maximum Gasteiger partial charge on any atom is 0.353 e. The van der Waals surface area contributed by atoms with Gasteiger partial charge < -0.3 is 16.0 Å². The molecule has 2 aromatic rings. The molecule has 1 aliphatic rings. The van der Waals surface area contributed by atoms with Crippen molar-refractivity contribution in [1.29, 1.82) is 0 Å². The van der Waals surface area contributed by atoms with E-state index >= 15 is 0 Å². The van der Waals surface area contributed by atoms with Crippen LogP contribution in [0, 0.1) is 16.0 Å². The molecule has 0 unspecified atom stereocenters. The Hall–Kier alpha value is -2.90. The highest BCUT2D eigenvalue weighted by molar-refractivity contribution is 5.72. The number of nitro groups is 1. The van der Waals surface area contributed by atoms with E-state index in [0.717, 1.165) is 31.6 Å². The Bertz CT molecular complexity index is 737. The average Bonchev–Trinajstić information content (AvgIpc) is 2.55. The quantitative estimate of drug-likeness (QED) is 0.655. The summed E-state index contributed by atoms with van der Waals surface area (Å²) in [7, 11) is 0. The Balaban J connectivity index is 1.99. The van der Waals surface area contributed by atoms with E-state index in [9.17, 15) is 10.1 Å². The molecule has 0 saturated carbocycles. The summed E-state index contributed by atoms with van der Waals surface area (Å²) in [5.74, 6) is 0.886. The number of piperidine rings is 1. The van der Waals surface area contributed by atoms with E-state index < -0.39 is 4.92 Å². The predicted molar refractivity (Wildman–Crippen MR) is 93.4 cm³/mol. The number of hydrogen-bond acceptors (Lipinski definition) is 7. The Kier molecular flexibility index (Phi) is 4.45. The fourth-order valence-corrected chi connectivity index (χ4v) is 2.94. The van der Waals surface area contributed by atoms with Crippen molar-refractivity contribution in [3.63, 3.8) is 0 Å². The highest BCUT2D eigenvalue weighted by Gasteiger charge is 2.29. The molecular weight excluding hydrogens is 308 g/mol. The van der Waals surface area contributed by atoms with Crippen LogP contribution in [0.3, 0.4) is 0 Å². The van der Waals surface area contributed by atoms with Crippen LogP contribution in [-0.4, -0.2) is 28.0 Å². The molecule has 1 fully saturated rings. The van der Waals surface area contributed by atoms with Gasteiger partial charge >= 0.3 is 5.69 Å². The maximum atomic E-state index is 11.4. The third-order valence-corrected chi connectivity index (χ3v) is 4.06. The third-order valence-electron chi connectivity index (χ3n) is 4.06. The average molecular weight is 328 g/mol. The number of benzene rings is 1. The standard InChI is InChI=1S/C16H20N6O2/c1-11-6-5-9-21(10-11)15-13(22(23)24)14(17)19-16(20-15)18-12-7-3-2-4-8-12/h2-4,7-8,11H,5-6,9-10H2,1H3,(H3,17,18,19,20)/t11-/m0/s1. The monoisotopic (exact) mass is 328 g/mol. The SMILES string of the molecule is C[C@H]1CCCN(c2nc(Nc3ccccc3)nc(N)c2[N+](=O)[O-])C1. The summed E-state index contributed by atoms with van der Waals surface area (Å²) in [5, 5.41) is 14.5. The van der Waals surface area contributed by atoms with Gasteiger partial charge in [0.1, 0.15) is 0 Å². The number of hydrogen-bond donors (Lipinski definition) is 2. The fourth-order valence-electron chi connectivity index (χ4n) is 2.94. The van der Waals surface area contributed by atoms with Crippen LogP contribution in [0.4, 0.5) is 29.0 Å². The van der Waals surface area contributed by atoms with E-state index in [-0.39, 0.29) is 23.3 Å². The summed E-state index contributed by atoms with van der Waals surface area (Å²) in [5.41, 5.74) is 6.43. The van der Waals surface area contributed by atoms with Gasteiger partial charge in [0.2, 0.25) is 17.6 Å². The molecule has 8 heteroatoms. The molecule has 1 aromatic heterocycles. The van der Waals surface area contributed by atoms with Crippen LogP contribution < -0.4 is 16.0 Å². The lowest BCUT2D eigenvalue weighted by Crippen LogP contribution is -2.35. The van der Waals surface area contributed by atoms with Crippen LogP contribution in [0.5, 0.6) is 0 Å². The van der Waals surface area contributed by atoms with Crippen LogP contribution in [0.1, 0.15) is 19.8 Å². The van der Waals surface area contributed by atoms with Crippen molar-refractivity contribution in [3.8, 4) is 0 Å². The minimum absolute atomic E-state index is 0.123. The molecular formula is C16H20N6O2. The van der Waals surface area contributed by atoms with Gasteiger partial charge in [-0.2, -0.15) is 9.97 Å². The maximum absolute atomic E-state index is 11.4. The summed E-state index contributed by atoms with van der Waals surface area (Å²) in [6, 6.07) is 9.39. The molecule has 126 valence electrons. The molecule has 1 aliphatic heterocycles. The molecule has 1 saturated heterocycles. The van der Waals surface area contributed by atoms with Gasteiger partial charge in [-0.15, -0.1) is 0 Å².